The van der Waals surface area contributed by atoms with Crippen LogP contribution < -0.4 is 5.32 Å². The van der Waals surface area contributed by atoms with E-state index in [1.165, 1.54) is 6.33 Å². The smallest absolute Gasteiger partial charge is 0.153 e. The average Bonchev–Trinajstić information content (AvgIpc) is 3.18. The quantitative estimate of drug-likeness (QED) is 0.897. The van der Waals surface area contributed by atoms with Crippen LogP contribution in [0.4, 0.5) is 5.82 Å². The van der Waals surface area contributed by atoms with Crippen LogP contribution in [0.15, 0.2) is 12.4 Å². The number of nitrogens with zero attached hydrogens (tertiary/aromatic N) is 4. The fourth-order valence-electron chi connectivity index (χ4n) is 2.46. The summed E-state index contributed by atoms with van der Waals surface area (Å²) in [5.41, 5.74) is 1.14. The number of H-pyrrole nitrogens is 1. The topological polar surface area (TPSA) is 99.5 Å². The molecule has 1 fully saturated rings. The van der Waals surface area contributed by atoms with Crippen LogP contribution in [-0.4, -0.2) is 32.8 Å². The summed E-state index contributed by atoms with van der Waals surface area (Å²) in [6.45, 7) is 2.38. The van der Waals surface area contributed by atoms with Crippen molar-refractivity contribution in [3.63, 3.8) is 0 Å². The lowest BCUT2D eigenvalue weighted by Gasteiger charge is -2.14. The lowest BCUT2D eigenvalue weighted by Crippen LogP contribution is -2.20. The van der Waals surface area contributed by atoms with Gasteiger partial charge in [0.1, 0.15) is 24.3 Å². The molecule has 1 aliphatic heterocycles. The van der Waals surface area contributed by atoms with Crippen LogP contribution in [0.25, 0.3) is 0 Å². The zero-order chi connectivity index (χ0) is 15.5. The Kier molecular flexibility index (Phi) is 4.22. The van der Waals surface area contributed by atoms with Gasteiger partial charge in [0.05, 0.1) is 22.4 Å². The summed E-state index contributed by atoms with van der Waals surface area (Å²) in [6.07, 6.45) is 3.32. The molecule has 0 radical (unpaired) electrons. The lowest BCUT2D eigenvalue weighted by atomic mass is 10.2. The van der Waals surface area contributed by atoms with Gasteiger partial charge in [-0.25, -0.2) is 9.97 Å². The Morgan fingerprint density at radius 3 is 3.14 bits per heavy atom. The second-order valence-corrected chi connectivity index (χ2v) is 5.55. The van der Waals surface area contributed by atoms with E-state index in [0.717, 1.165) is 18.7 Å². The summed E-state index contributed by atoms with van der Waals surface area (Å²) in [5, 5.41) is 19.2. The third kappa shape index (κ3) is 3.03. The number of nitrogens with one attached hydrogen (secondary N) is 2. The molecule has 3 rings (SSSR count). The standard InChI is InChI=1S/C14H15ClN6O/c1-8-9(5-16)4-11(15)13(20-8)17-6-10-2-3-12(22-10)14-18-7-19-21-14/h4,7,10,12H,2-3,6H2,1H3,(H,17,20)(H,18,19,21)/t10-,12+/m1/s1. The molecule has 8 heteroatoms. The van der Waals surface area contributed by atoms with Gasteiger partial charge < -0.3 is 10.1 Å². The normalized spacial score (nSPS) is 20.8. The number of halogens is 1. The van der Waals surface area contributed by atoms with Crippen LogP contribution >= 0.6 is 11.6 Å². The predicted octanol–water partition coefficient (Wildman–Crippen LogP) is 2.37. The van der Waals surface area contributed by atoms with E-state index >= 15 is 0 Å². The molecule has 0 aromatic carbocycles. The maximum Gasteiger partial charge on any atom is 0.153 e. The summed E-state index contributed by atoms with van der Waals surface area (Å²) in [5.74, 6) is 1.33. The van der Waals surface area contributed by atoms with Gasteiger partial charge in [-0.1, -0.05) is 11.6 Å². The molecule has 2 atom stereocenters. The SMILES string of the molecule is Cc1nc(NC[C@H]2CC[C@@H](c3ncn[nH]3)O2)c(Cl)cc1C#N. The summed E-state index contributed by atoms with van der Waals surface area (Å²) >= 11 is 6.14. The number of rotatable bonds is 4. The summed E-state index contributed by atoms with van der Waals surface area (Å²) < 4.78 is 5.92. The molecule has 0 aliphatic carbocycles. The van der Waals surface area contributed by atoms with E-state index in [9.17, 15) is 0 Å². The van der Waals surface area contributed by atoms with E-state index in [1.807, 2.05) is 0 Å². The first-order chi connectivity index (χ1) is 10.7. The van der Waals surface area contributed by atoms with Gasteiger partial charge in [-0.05, 0) is 25.8 Å². The molecule has 114 valence electrons. The number of aromatic amines is 1. The molecular formula is C14H15ClN6O. The number of pyridine rings is 1. The zero-order valence-electron chi connectivity index (χ0n) is 12.0. The molecule has 22 heavy (non-hydrogen) atoms. The largest absolute Gasteiger partial charge is 0.366 e. The maximum absolute atomic E-state index is 8.95. The fraction of sp³-hybridized carbons (Fsp3) is 0.429. The van der Waals surface area contributed by atoms with Crippen molar-refractivity contribution >= 4 is 17.4 Å². The van der Waals surface area contributed by atoms with Gasteiger partial charge >= 0.3 is 0 Å². The highest BCUT2D eigenvalue weighted by molar-refractivity contribution is 6.33. The van der Waals surface area contributed by atoms with Crippen LogP contribution in [-0.2, 0) is 4.74 Å². The van der Waals surface area contributed by atoms with E-state index in [4.69, 9.17) is 21.6 Å². The molecule has 2 aromatic rings. The van der Waals surface area contributed by atoms with Gasteiger partial charge in [-0.3, -0.25) is 5.10 Å². The number of hydrogen-bond donors (Lipinski definition) is 2. The van der Waals surface area contributed by atoms with Crippen LogP contribution in [0.1, 0.15) is 36.0 Å². The van der Waals surface area contributed by atoms with Crippen molar-refractivity contribution in [1.29, 1.82) is 5.26 Å². The fourth-order valence-corrected chi connectivity index (χ4v) is 2.67. The first kappa shape index (κ1) is 14.8. The lowest BCUT2D eigenvalue weighted by molar-refractivity contribution is 0.0472. The Morgan fingerprint density at radius 2 is 2.41 bits per heavy atom. The summed E-state index contributed by atoms with van der Waals surface area (Å²) in [6, 6.07) is 3.69. The van der Waals surface area contributed by atoms with Gasteiger partial charge in [0.25, 0.3) is 0 Å². The first-order valence-electron chi connectivity index (χ1n) is 6.99. The van der Waals surface area contributed by atoms with Crippen molar-refractivity contribution < 1.29 is 4.74 Å². The second-order valence-electron chi connectivity index (χ2n) is 5.14. The van der Waals surface area contributed by atoms with Gasteiger partial charge in [-0.2, -0.15) is 10.4 Å². The molecule has 0 bridgehead atoms. The number of anilines is 1. The van der Waals surface area contributed by atoms with Gasteiger partial charge in [-0.15, -0.1) is 0 Å². The molecule has 0 unspecified atom stereocenters. The van der Waals surface area contributed by atoms with Crippen LogP contribution in [0.3, 0.4) is 0 Å². The molecule has 1 aliphatic rings. The van der Waals surface area contributed by atoms with Crippen molar-refractivity contribution in [2.75, 3.05) is 11.9 Å². The highest BCUT2D eigenvalue weighted by Gasteiger charge is 2.28. The highest BCUT2D eigenvalue weighted by Crippen LogP contribution is 2.31. The van der Waals surface area contributed by atoms with Crippen molar-refractivity contribution in [2.24, 2.45) is 0 Å². The van der Waals surface area contributed by atoms with Crippen molar-refractivity contribution in [3.8, 4) is 6.07 Å². The van der Waals surface area contributed by atoms with Crippen LogP contribution in [0.5, 0.6) is 0 Å². The molecule has 0 saturated carbocycles. The van der Waals surface area contributed by atoms with Crippen molar-refractivity contribution in [2.45, 2.75) is 32.0 Å². The molecule has 0 amide bonds. The molecule has 7 nitrogen and oxygen atoms in total. The number of aromatic nitrogens is 4. The highest BCUT2D eigenvalue weighted by atomic mass is 35.5. The molecule has 2 N–H and O–H groups in total. The van der Waals surface area contributed by atoms with Crippen LogP contribution in [0, 0.1) is 18.3 Å². The molecule has 2 aromatic heterocycles. The van der Waals surface area contributed by atoms with E-state index in [0.29, 0.717) is 28.6 Å². The Labute approximate surface area is 132 Å². The minimum absolute atomic E-state index is 0.0413. The van der Waals surface area contributed by atoms with Crippen LogP contribution in [0.2, 0.25) is 5.02 Å². The summed E-state index contributed by atoms with van der Waals surface area (Å²) in [7, 11) is 0. The van der Waals surface area contributed by atoms with Gasteiger partial charge in [0, 0.05) is 6.54 Å². The number of hydrogen-bond acceptors (Lipinski definition) is 6. The third-order valence-electron chi connectivity index (χ3n) is 3.63. The zero-order valence-corrected chi connectivity index (χ0v) is 12.8. The third-order valence-corrected chi connectivity index (χ3v) is 3.92. The van der Waals surface area contributed by atoms with Crippen molar-refractivity contribution in [3.05, 3.63) is 34.5 Å². The first-order valence-corrected chi connectivity index (χ1v) is 7.37. The maximum atomic E-state index is 8.95. The number of aryl methyl sites for hydroxylation is 1. The molecular weight excluding hydrogens is 304 g/mol. The summed E-state index contributed by atoms with van der Waals surface area (Å²) in [4.78, 5) is 8.44. The second kappa shape index (κ2) is 6.30. The van der Waals surface area contributed by atoms with E-state index < -0.39 is 0 Å². The van der Waals surface area contributed by atoms with Gasteiger partial charge in [0.15, 0.2) is 5.82 Å². The average molecular weight is 319 g/mol. The van der Waals surface area contributed by atoms with Gasteiger partial charge in [0.2, 0.25) is 0 Å². The minimum atomic E-state index is -0.0413. The Morgan fingerprint density at radius 1 is 1.55 bits per heavy atom. The van der Waals surface area contributed by atoms with E-state index in [-0.39, 0.29) is 12.2 Å². The Balaban J connectivity index is 1.60. The number of ether oxygens (including phenoxy) is 1. The molecule has 1 saturated heterocycles. The predicted molar refractivity (Wildman–Crippen MR) is 80.4 cm³/mol. The number of nitriles is 1. The minimum Gasteiger partial charge on any atom is -0.366 e. The Bertz CT molecular complexity index is 696. The monoisotopic (exact) mass is 318 g/mol. The van der Waals surface area contributed by atoms with Crippen molar-refractivity contribution in [1.82, 2.24) is 20.2 Å². The van der Waals surface area contributed by atoms with E-state index in [2.05, 4.69) is 31.6 Å². The van der Waals surface area contributed by atoms with E-state index in [1.54, 1.807) is 13.0 Å². The molecule has 0 spiro atoms. The molecule has 3 heterocycles. The Hall–Kier alpha value is -2.17.